The number of nitrogens with zero attached hydrogens (tertiary/aromatic N) is 1. The lowest BCUT2D eigenvalue weighted by molar-refractivity contribution is 0.0729. The van der Waals surface area contributed by atoms with Crippen LogP contribution in [-0.4, -0.2) is 37.0 Å². The molecule has 11 heteroatoms. The van der Waals surface area contributed by atoms with Gasteiger partial charge in [0, 0.05) is 32.1 Å². The highest BCUT2D eigenvalue weighted by atomic mass is 35.5. The zero-order valence-electron chi connectivity index (χ0n) is 21.9. The van der Waals surface area contributed by atoms with Gasteiger partial charge in [0.05, 0.1) is 18.9 Å². The Morgan fingerprint density at radius 2 is 1.79 bits per heavy atom. The molecule has 2 N–H and O–H groups in total. The standard InChI is InChI=1S/C31H21Cl2N3O6/c1-39-26-12-17(6-10-25(26)42-31(38)18-7-11-24-27(13-18)41-16-40-24)15-34-36-30(37)29-28(20-4-2-3-5-22(20)33)21-14-19(32)8-9-23(21)35-29/h2-15,35H,16H2,1H3,(H,36,37). The van der Waals surface area contributed by atoms with Gasteiger partial charge in [-0.05, 0) is 66.2 Å². The summed E-state index contributed by atoms with van der Waals surface area (Å²) in [7, 11) is 1.45. The maximum absolute atomic E-state index is 13.3. The van der Waals surface area contributed by atoms with E-state index in [-0.39, 0.29) is 18.2 Å². The number of hydrazone groups is 1. The second kappa shape index (κ2) is 11.5. The lowest BCUT2D eigenvalue weighted by atomic mass is 10.0. The molecule has 2 heterocycles. The number of carbonyl (C=O) groups excluding carboxylic acids is 2. The number of amides is 1. The minimum absolute atomic E-state index is 0.101. The molecule has 210 valence electrons. The number of benzene rings is 4. The second-order valence-corrected chi connectivity index (χ2v) is 9.96. The monoisotopic (exact) mass is 601 g/mol. The van der Waals surface area contributed by atoms with E-state index in [1.165, 1.54) is 13.3 Å². The number of aromatic nitrogens is 1. The van der Waals surface area contributed by atoms with Gasteiger partial charge in [-0.15, -0.1) is 0 Å². The second-order valence-electron chi connectivity index (χ2n) is 9.11. The van der Waals surface area contributed by atoms with Gasteiger partial charge in [-0.1, -0.05) is 41.4 Å². The quantitative estimate of drug-likeness (QED) is 0.0912. The molecule has 1 aliphatic rings. The maximum atomic E-state index is 13.3. The average molecular weight is 602 g/mol. The van der Waals surface area contributed by atoms with E-state index in [1.807, 2.05) is 18.2 Å². The molecule has 5 aromatic rings. The summed E-state index contributed by atoms with van der Waals surface area (Å²) < 4.78 is 21.6. The number of hydrogen-bond donors (Lipinski definition) is 2. The van der Waals surface area contributed by atoms with Crippen LogP contribution in [-0.2, 0) is 0 Å². The molecule has 0 unspecified atom stereocenters. The van der Waals surface area contributed by atoms with E-state index in [1.54, 1.807) is 60.7 Å². The summed E-state index contributed by atoms with van der Waals surface area (Å²) >= 11 is 12.7. The molecule has 0 bridgehead atoms. The van der Waals surface area contributed by atoms with Crippen LogP contribution in [0.2, 0.25) is 10.0 Å². The van der Waals surface area contributed by atoms with Crippen molar-refractivity contribution in [3.63, 3.8) is 0 Å². The molecule has 0 radical (unpaired) electrons. The largest absolute Gasteiger partial charge is 0.493 e. The lowest BCUT2D eigenvalue weighted by Crippen LogP contribution is -2.19. The van der Waals surface area contributed by atoms with Gasteiger partial charge in [0.15, 0.2) is 23.0 Å². The fourth-order valence-corrected chi connectivity index (χ4v) is 4.93. The summed E-state index contributed by atoms with van der Waals surface area (Å²) in [6, 6.07) is 22.2. The zero-order chi connectivity index (χ0) is 29.2. The van der Waals surface area contributed by atoms with Crippen LogP contribution >= 0.6 is 23.2 Å². The molecule has 4 aromatic carbocycles. The van der Waals surface area contributed by atoms with Crippen molar-refractivity contribution in [1.29, 1.82) is 0 Å². The Hall–Kier alpha value is -4.99. The molecule has 0 spiro atoms. The van der Waals surface area contributed by atoms with Crippen LogP contribution < -0.4 is 24.4 Å². The van der Waals surface area contributed by atoms with Crippen LogP contribution in [0.15, 0.2) is 84.0 Å². The van der Waals surface area contributed by atoms with Crippen molar-refractivity contribution in [2.45, 2.75) is 0 Å². The predicted octanol–water partition coefficient (Wildman–Crippen LogP) is 6.86. The molecule has 42 heavy (non-hydrogen) atoms. The molecule has 6 rings (SSSR count). The minimum Gasteiger partial charge on any atom is -0.493 e. The zero-order valence-corrected chi connectivity index (χ0v) is 23.5. The molecule has 0 atom stereocenters. The first kappa shape index (κ1) is 27.2. The number of ether oxygens (including phenoxy) is 4. The first-order chi connectivity index (χ1) is 20.4. The van der Waals surface area contributed by atoms with E-state index >= 15 is 0 Å². The first-order valence-electron chi connectivity index (χ1n) is 12.6. The molecule has 1 aromatic heterocycles. The Kier molecular flexibility index (Phi) is 7.43. The molecule has 1 amide bonds. The third-order valence-corrected chi connectivity index (χ3v) is 7.07. The smallest absolute Gasteiger partial charge is 0.343 e. The van der Waals surface area contributed by atoms with Crippen LogP contribution in [0.25, 0.3) is 22.0 Å². The number of fused-ring (bicyclic) bond motifs is 2. The number of esters is 1. The Labute approximate surface area is 249 Å². The van der Waals surface area contributed by atoms with Gasteiger partial charge in [-0.25, -0.2) is 10.2 Å². The number of halogens is 2. The molecule has 0 saturated heterocycles. The van der Waals surface area contributed by atoms with Gasteiger partial charge in [0.1, 0.15) is 5.69 Å². The van der Waals surface area contributed by atoms with Gasteiger partial charge in [-0.3, -0.25) is 4.79 Å². The maximum Gasteiger partial charge on any atom is 0.343 e. The van der Waals surface area contributed by atoms with Gasteiger partial charge >= 0.3 is 5.97 Å². The van der Waals surface area contributed by atoms with Crippen molar-refractivity contribution in [1.82, 2.24) is 10.4 Å². The summed E-state index contributed by atoms with van der Waals surface area (Å²) in [5.74, 6) is 0.480. The number of nitrogens with one attached hydrogen (secondary N) is 2. The van der Waals surface area contributed by atoms with E-state index in [0.717, 1.165) is 10.9 Å². The molecular formula is C31H21Cl2N3O6. The van der Waals surface area contributed by atoms with Gasteiger partial charge in [0.25, 0.3) is 5.91 Å². The van der Waals surface area contributed by atoms with E-state index in [9.17, 15) is 9.59 Å². The highest BCUT2D eigenvalue weighted by Crippen LogP contribution is 2.38. The summed E-state index contributed by atoms with van der Waals surface area (Å²) in [4.78, 5) is 29.1. The Bertz CT molecular complexity index is 1880. The van der Waals surface area contributed by atoms with E-state index < -0.39 is 11.9 Å². The SMILES string of the molecule is COc1cc(C=NNC(=O)c2[nH]c3ccc(Cl)cc3c2-c2ccccc2Cl)ccc1OC(=O)c1ccc2c(c1)OCO2. The number of hydrogen-bond acceptors (Lipinski definition) is 7. The topological polar surface area (TPSA) is 111 Å². The first-order valence-corrected chi connectivity index (χ1v) is 13.4. The molecular weight excluding hydrogens is 581 g/mol. The summed E-state index contributed by atoms with van der Waals surface area (Å²) in [5.41, 5.74) is 5.73. The summed E-state index contributed by atoms with van der Waals surface area (Å²) in [6.07, 6.45) is 1.44. The fourth-order valence-electron chi connectivity index (χ4n) is 4.53. The van der Waals surface area contributed by atoms with Crippen LogP contribution in [0.5, 0.6) is 23.0 Å². The highest BCUT2D eigenvalue weighted by molar-refractivity contribution is 6.34. The van der Waals surface area contributed by atoms with Crippen molar-refractivity contribution in [2.75, 3.05) is 13.9 Å². The summed E-state index contributed by atoms with van der Waals surface area (Å²) in [6.45, 7) is 0.101. The molecule has 9 nitrogen and oxygen atoms in total. The van der Waals surface area contributed by atoms with E-state index in [4.69, 9.17) is 42.1 Å². The number of carbonyl (C=O) groups is 2. The minimum atomic E-state index is -0.589. The Morgan fingerprint density at radius 1 is 0.952 bits per heavy atom. The normalized spacial score (nSPS) is 12.1. The van der Waals surface area contributed by atoms with Crippen LogP contribution in [0.4, 0.5) is 0 Å². The van der Waals surface area contributed by atoms with Crippen molar-refractivity contribution in [3.8, 4) is 34.1 Å². The van der Waals surface area contributed by atoms with E-state index in [0.29, 0.717) is 49.5 Å². The molecule has 0 fully saturated rings. The van der Waals surface area contributed by atoms with Gasteiger partial charge in [0.2, 0.25) is 6.79 Å². The summed E-state index contributed by atoms with van der Waals surface area (Å²) in [5, 5.41) is 5.88. The molecule has 0 saturated carbocycles. The lowest BCUT2D eigenvalue weighted by Gasteiger charge is -2.10. The third-order valence-electron chi connectivity index (χ3n) is 6.51. The number of methoxy groups -OCH3 is 1. The van der Waals surface area contributed by atoms with Crippen molar-refractivity contribution in [3.05, 3.63) is 106 Å². The Balaban J connectivity index is 1.20. The molecule has 0 aliphatic carbocycles. The third kappa shape index (κ3) is 5.35. The van der Waals surface area contributed by atoms with Crippen molar-refractivity contribution in [2.24, 2.45) is 5.10 Å². The average Bonchev–Trinajstić information content (AvgIpc) is 3.62. The van der Waals surface area contributed by atoms with Gasteiger partial charge < -0.3 is 23.9 Å². The van der Waals surface area contributed by atoms with Crippen LogP contribution in [0.1, 0.15) is 26.4 Å². The number of rotatable bonds is 7. The van der Waals surface area contributed by atoms with Crippen LogP contribution in [0.3, 0.4) is 0 Å². The van der Waals surface area contributed by atoms with Gasteiger partial charge in [-0.2, -0.15) is 5.10 Å². The fraction of sp³-hybridized carbons (Fsp3) is 0.0645. The number of H-pyrrole nitrogens is 1. The predicted molar refractivity (Wildman–Crippen MR) is 159 cm³/mol. The van der Waals surface area contributed by atoms with Crippen LogP contribution in [0, 0.1) is 0 Å². The van der Waals surface area contributed by atoms with Crippen molar-refractivity contribution < 1.29 is 28.5 Å². The Morgan fingerprint density at radius 3 is 2.62 bits per heavy atom. The van der Waals surface area contributed by atoms with E-state index in [2.05, 4.69) is 15.5 Å². The van der Waals surface area contributed by atoms with Crippen molar-refractivity contribution >= 4 is 52.2 Å². The molecule has 1 aliphatic heterocycles. The number of aromatic amines is 1. The highest BCUT2D eigenvalue weighted by Gasteiger charge is 2.22.